The van der Waals surface area contributed by atoms with Crippen molar-refractivity contribution in [3.05, 3.63) is 47.8 Å². The van der Waals surface area contributed by atoms with Crippen LogP contribution < -0.4 is 10.6 Å². The molecule has 2 aliphatic rings. The summed E-state index contributed by atoms with van der Waals surface area (Å²) >= 11 is 0. The van der Waals surface area contributed by atoms with Crippen molar-refractivity contribution in [3.8, 4) is 11.3 Å². The predicted molar refractivity (Wildman–Crippen MR) is 113 cm³/mol. The first-order valence-electron chi connectivity index (χ1n) is 10.5. The van der Waals surface area contributed by atoms with Crippen LogP contribution in [-0.2, 0) is 4.79 Å². The second-order valence-electron chi connectivity index (χ2n) is 8.64. The van der Waals surface area contributed by atoms with Gasteiger partial charge in [0.15, 0.2) is 22.9 Å². The van der Waals surface area contributed by atoms with Gasteiger partial charge in [0.25, 0.3) is 0 Å². The van der Waals surface area contributed by atoms with Gasteiger partial charge in [-0.05, 0) is 56.8 Å². The maximum atomic E-state index is 14.9. The Bertz CT molecular complexity index is 1360. The first-order valence-corrected chi connectivity index (χ1v) is 10.5. The Balaban J connectivity index is 1.33. The summed E-state index contributed by atoms with van der Waals surface area (Å²) in [5.41, 5.74) is 4.04. The number of halogens is 1. The molecule has 2 fully saturated rings. The van der Waals surface area contributed by atoms with Gasteiger partial charge in [-0.2, -0.15) is 5.10 Å². The van der Waals surface area contributed by atoms with Gasteiger partial charge in [-0.1, -0.05) is 0 Å². The van der Waals surface area contributed by atoms with Gasteiger partial charge in [0.1, 0.15) is 0 Å². The molecule has 3 unspecified atom stereocenters. The van der Waals surface area contributed by atoms with Crippen molar-refractivity contribution in [3.63, 3.8) is 0 Å². The molecule has 0 spiro atoms. The van der Waals surface area contributed by atoms with Crippen LogP contribution in [0.2, 0.25) is 0 Å². The van der Waals surface area contributed by atoms with E-state index in [1.165, 1.54) is 6.07 Å². The SMILES string of the molecule is Cc1cn2nc(-c3cc(F)c4nc(NC(=O)C5CCNC6CC65)cn4c3)cc(C)c2n1. The molecule has 3 atom stereocenters. The van der Waals surface area contributed by atoms with E-state index in [1.807, 2.05) is 26.1 Å². The zero-order valence-corrected chi connectivity index (χ0v) is 17.3. The van der Waals surface area contributed by atoms with Gasteiger partial charge in [-0.15, -0.1) is 0 Å². The van der Waals surface area contributed by atoms with Gasteiger partial charge >= 0.3 is 0 Å². The number of aryl methyl sites for hydroxylation is 2. The first kappa shape index (κ1) is 18.4. The van der Waals surface area contributed by atoms with E-state index >= 15 is 0 Å². The van der Waals surface area contributed by atoms with E-state index in [4.69, 9.17) is 0 Å². The maximum absolute atomic E-state index is 14.9. The lowest BCUT2D eigenvalue weighted by atomic mass is 9.96. The number of hydrogen-bond acceptors (Lipinski definition) is 5. The van der Waals surface area contributed by atoms with Crippen LogP contribution in [0.1, 0.15) is 24.1 Å². The number of carbonyl (C=O) groups is 1. The fraction of sp³-hybridized carbons (Fsp3) is 0.364. The van der Waals surface area contributed by atoms with Crippen molar-refractivity contribution in [2.24, 2.45) is 11.8 Å². The third kappa shape index (κ3) is 3.07. The van der Waals surface area contributed by atoms with Crippen molar-refractivity contribution in [1.29, 1.82) is 0 Å². The normalized spacial score (nSPS) is 22.6. The van der Waals surface area contributed by atoms with Gasteiger partial charge in [0.2, 0.25) is 5.91 Å². The number of hydrogen-bond donors (Lipinski definition) is 2. The molecule has 1 saturated heterocycles. The molecule has 1 aliphatic heterocycles. The molecule has 158 valence electrons. The maximum Gasteiger partial charge on any atom is 0.229 e. The van der Waals surface area contributed by atoms with Gasteiger partial charge < -0.3 is 15.0 Å². The minimum Gasteiger partial charge on any atom is -0.314 e. The summed E-state index contributed by atoms with van der Waals surface area (Å²) < 4.78 is 18.2. The molecule has 1 amide bonds. The minimum absolute atomic E-state index is 0.00555. The minimum atomic E-state index is -0.469. The summed E-state index contributed by atoms with van der Waals surface area (Å²) in [5, 5.41) is 10.9. The lowest BCUT2D eigenvalue weighted by Gasteiger charge is -2.20. The summed E-state index contributed by atoms with van der Waals surface area (Å²) in [7, 11) is 0. The third-order valence-electron chi connectivity index (χ3n) is 6.34. The summed E-state index contributed by atoms with van der Waals surface area (Å²) in [6, 6.07) is 3.79. The van der Waals surface area contributed by atoms with E-state index < -0.39 is 5.82 Å². The molecule has 1 saturated carbocycles. The highest BCUT2D eigenvalue weighted by molar-refractivity contribution is 5.92. The van der Waals surface area contributed by atoms with Crippen LogP contribution >= 0.6 is 0 Å². The van der Waals surface area contributed by atoms with Crippen molar-refractivity contribution in [2.45, 2.75) is 32.7 Å². The summed E-state index contributed by atoms with van der Waals surface area (Å²) in [4.78, 5) is 21.5. The van der Waals surface area contributed by atoms with Crippen LogP contribution in [0.25, 0.3) is 22.6 Å². The molecule has 0 bridgehead atoms. The Morgan fingerprint density at radius 2 is 2.06 bits per heavy atom. The van der Waals surface area contributed by atoms with E-state index in [0.29, 0.717) is 29.0 Å². The highest BCUT2D eigenvalue weighted by atomic mass is 19.1. The van der Waals surface area contributed by atoms with Crippen molar-refractivity contribution >= 4 is 23.0 Å². The number of aromatic nitrogens is 5. The van der Waals surface area contributed by atoms with E-state index in [1.54, 1.807) is 21.3 Å². The number of nitrogens with zero attached hydrogens (tertiary/aromatic N) is 5. The average molecular weight is 419 g/mol. The van der Waals surface area contributed by atoms with E-state index in [9.17, 15) is 9.18 Å². The number of imidazole rings is 2. The molecule has 0 radical (unpaired) electrons. The molecule has 1 aliphatic carbocycles. The second kappa shape index (κ2) is 6.58. The molecular weight excluding hydrogens is 397 g/mol. The Hall–Kier alpha value is -3.33. The predicted octanol–water partition coefficient (Wildman–Crippen LogP) is 2.74. The van der Waals surface area contributed by atoms with Crippen LogP contribution in [0.5, 0.6) is 0 Å². The fourth-order valence-electron chi connectivity index (χ4n) is 4.72. The van der Waals surface area contributed by atoms with Crippen LogP contribution in [0.15, 0.2) is 30.7 Å². The molecule has 6 rings (SSSR count). The molecule has 2 N–H and O–H groups in total. The molecular formula is C22H22FN7O. The molecule has 4 aromatic rings. The van der Waals surface area contributed by atoms with Gasteiger partial charge in [-0.25, -0.2) is 18.9 Å². The Labute approximate surface area is 177 Å². The smallest absolute Gasteiger partial charge is 0.229 e. The lowest BCUT2D eigenvalue weighted by molar-refractivity contribution is -0.121. The van der Waals surface area contributed by atoms with E-state index in [0.717, 1.165) is 36.3 Å². The van der Waals surface area contributed by atoms with Crippen molar-refractivity contribution in [2.75, 3.05) is 11.9 Å². The van der Waals surface area contributed by atoms with Gasteiger partial charge in [-0.3, -0.25) is 4.79 Å². The monoisotopic (exact) mass is 419 g/mol. The fourth-order valence-corrected chi connectivity index (χ4v) is 4.72. The quantitative estimate of drug-likeness (QED) is 0.533. The van der Waals surface area contributed by atoms with Crippen molar-refractivity contribution in [1.82, 2.24) is 29.3 Å². The standard InChI is InChI=1S/C22H22FN7O/c1-11-5-17(28-30-8-12(2)25-20(11)30)13-6-16(23)21-26-19(10-29(21)9-13)27-22(31)14-3-4-24-18-7-15(14)18/h5-6,8-10,14-15,18,24H,3-4,7H2,1-2H3,(H,27,31). The molecule has 9 heteroatoms. The number of piperidine rings is 1. The zero-order valence-electron chi connectivity index (χ0n) is 17.3. The number of fused-ring (bicyclic) bond motifs is 3. The Morgan fingerprint density at radius 1 is 1.19 bits per heavy atom. The largest absolute Gasteiger partial charge is 0.314 e. The second-order valence-corrected chi connectivity index (χ2v) is 8.64. The van der Waals surface area contributed by atoms with Crippen LogP contribution in [0.4, 0.5) is 10.2 Å². The van der Waals surface area contributed by atoms with Crippen LogP contribution in [-0.4, -0.2) is 42.5 Å². The first-order chi connectivity index (χ1) is 15.0. The summed E-state index contributed by atoms with van der Waals surface area (Å²) in [6.07, 6.45) is 7.14. The van der Waals surface area contributed by atoms with Crippen molar-refractivity contribution < 1.29 is 9.18 Å². The van der Waals surface area contributed by atoms with Gasteiger partial charge in [0.05, 0.1) is 23.8 Å². The molecule has 0 aromatic carbocycles. The molecule has 5 heterocycles. The van der Waals surface area contributed by atoms with Crippen LogP contribution in [0.3, 0.4) is 0 Å². The summed E-state index contributed by atoms with van der Waals surface area (Å²) in [6.45, 7) is 4.72. The topological polar surface area (TPSA) is 88.6 Å². The number of anilines is 1. The number of rotatable bonds is 3. The molecule has 31 heavy (non-hydrogen) atoms. The highest BCUT2D eigenvalue weighted by Crippen LogP contribution is 2.42. The number of pyridine rings is 1. The zero-order chi connectivity index (χ0) is 21.3. The van der Waals surface area contributed by atoms with E-state index in [2.05, 4.69) is 25.7 Å². The van der Waals surface area contributed by atoms with Crippen LogP contribution in [0, 0.1) is 31.5 Å². The number of nitrogens with one attached hydrogen (secondary N) is 2. The lowest BCUT2D eigenvalue weighted by Crippen LogP contribution is -2.36. The van der Waals surface area contributed by atoms with E-state index in [-0.39, 0.29) is 17.5 Å². The van der Waals surface area contributed by atoms with Gasteiger partial charge in [0, 0.05) is 23.7 Å². The summed E-state index contributed by atoms with van der Waals surface area (Å²) in [5.74, 6) is 0.264. The molecule has 4 aromatic heterocycles. The Kier molecular flexibility index (Phi) is 3.92. The number of amides is 1. The Morgan fingerprint density at radius 3 is 2.94 bits per heavy atom. The average Bonchev–Trinajstić information content (AvgIpc) is 3.26. The third-order valence-corrected chi connectivity index (χ3v) is 6.34. The molecule has 8 nitrogen and oxygen atoms in total. The number of carbonyl (C=O) groups excluding carboxylic acids is 1. The highest BCUT2D eigenvalue weighted by Gasteiger charge is 2.48.